The first-order valence-electron chi connectivity index (χ1n) is 5.61. The van der Waals surface area contributed by atoms with Gasteiger partial charge in [-0.1, -0.05) is 17.7 Å². The Morgan fingerprint density at radius 2 is 2.36 bits per heavy atom. The SMILES string of the molecule is CC1=C[C@@]23C=CC(=O)C[C@@H]2C[C@@H]1CC3. The van der Waals surface area contributed by atoms with Crippen LogP contribution in [-0.2, 0) is 4.79 Å². The predicted molar refractivity (Wildman–Crippen MR) is 55.8 cm³/mol. The number of allylic oxidation sites excluding steroid dienone is 4. The van der Waals surface area contributed by atoms with E-state index in [-0.39, 0.29) is 5.41 Å². The minimum Gasteiger partial charge on any atom is -0.295 e. The first-order valence-corrected chi connectivity index (χ1v) is 5.61. The van der Waals surface area contributed by atoms with Crippen LogP contribution in [0.15, 0.2) is 23.8 Å². The first kappa shape index (κ1) is 8.46. The standard InChI is InChI=1S/C13H16O/c1-9-8-13-4-2-10(9)6-11(13)7-12(14)3-5-13/h3,5,8,10-11H,2,4,6-7H2,1H3/t10-,11-,13+/m0/s1. The van der Waals surface area contributed by atoms with Crippen LogP contribution < -0.4 is 0 Å². The molecule has 1 fully saturated rings. The Morgan fingerprint density at radius 1 is 1.50 bits per heavy atom. The second-order valence-electron chi connectivity index (χ2n) is 5.17. The predicted octanol–water partition coefficient (Wildman–Crippen LogP) is 2.88. The van der Waals surface area contributed by atoms with E-state index in [4.69, 9.17) is 0 Å². The molecule has 0 aliphatic heterocycles. The maximum atomic E-state index is 11.4. The van der Waals surface area contributed by atoms with E-state index in [0.717, 1.165) is 12.3 Å². The van der Waals surface area contributed by atoms with Crippen LogP contribution in [-0.4, -0.2) is 5.78 Å². The number of carbonyl (C=O) groups is 1. The minimum atomic E-state index is 0.271. The molecule has 0 radical (unpaired) electrons. The highest BCUT2D eigenvalue weighted by Crippen LogP contribution is 2.55. The number of hydrogen-bond donors (Lipinski definition) is 0. The molecule has 1 heteroatoms. The summed E-state index contributed by atoms with van der Waals surface area (Å²) in [5, 5.41) is 0. The number of hydrogen-bond acceptors (Lipinski definition) is 1. The van der Waals surface area contributed by atoms with E-state index in [9.17, 15) is 4.79 Å². The summed E-state index contributed by atoms with van der Waals surface area (Å²) in [6, 6.07) is 0. The fourth-order valence-corrected chi connectivity index (χ4v) is 3.55. The van der Waals surface area contributed by atoms with Gasteiger partial charge in [0.05, 0.1) is 0 Å². The second kappa shape index (κ2) is 2.59. The number of carbonyl (C=O) groups excluding carboxylic acids is 1. The fraction of sp³-hybridized carbons (Fsp3) is 0.615. The first-order chi connectivity index (χ1) is 6.70. The highest BCUT2D eigenvalue weighted by Gasteiger charge is 2.46. The summed E-state index contributed by atoms with van der Waals surface area (Å²) in [6.07, 6.45) is 11.1. The zero-order chi connectivity index (χ0) is 9.76. The molecule has 0 aromatic heterocycles. The van der Waals surface area contributed by atoms with E-state index in [0.29, 0.717) is 11.7 Å². The van der Waals surface area contributed by atoms with E-state index in [1.165, 1.54) is 19.3 Å². The molecule has 0 aromatic rings. The fourth-order valence-electron chi connectivity index (χ4n) is 3.55. The third kappa shape index (κ3) is 0.985. The molecule has 4 rings (SSSR count). The molecule has 0 saturated heterocycles. The normalized spacial score (nSPS) is 44.9. The van der Waals surface area contributed by atoms with Crippen LogP contribution in [0.5, 0.6) is 0 Å². The molecule has 1 spiro atoms. The number of rotatable bonds is 0. The van der Waals surface area contributed by atoms with Gasteiger partial charge in [0, 0.05) is 11.8 Å². The van der Waals surface area contributed by atoms with Gasteiger partial charge < -0.3 is 0 Å². The quantitative estimate of drug-likeness (QED) is 0.534. The van der Waals surface area contributed by atoms with Gasteiger partial charge in [-0.3, -0.25) is 4.79 Å². The van der Waals surface area contributed by atoms with Crippen LogP contribution in [0.25, 0.3) is 0 Å². The van der Waals surface area contributed by atoms with E-state index in [1.54, 1.807) is 5.57 Å². The van der Waals surface area contributed by atoms with Crippen molar-refractivity contribution in [2.45, 2.75) is 32.6 Å². The van der Waals surface area contributed by atoms with Crippen molar-refractivity contribution in [3.05, 3.63) is 23.8 Å². The van der Waals surface area contributed by atoms with Crippen LogP contribution in [0.4, 0.5) is 0 Å². The van der Waals surface area contributed by atoms with E-state index < -0.39 is 0 Å². The molecule has 1 nitrogen and oxygen atoms in total. The van der Waals surface area contributed by atoms with Gasteiger partial charge in [-0.15, -0.1) is 0 Å². The zero-order valence-electron chi connectivity index (χ0n) is 8.62. The molecule has 2 bridgehead atoms. The molecular formula is C13H16O. The Morgan fingerprint density at radius 3 is 3.14 bits per heavy atom. The molecule has 14 heavy (non-hydrogen) atoms. The lowest BCUT2D eigenvalue weighted by molar-refractivity contribution is -0.117. The zero-order valence-corrected chi connectivity index (χ0v) is 8.62. The Bertz CT molecular complexity index is 350. The maximum absolute atomic E-state index is 11.4. The topological polar surface area (TPSA) is 17.1 Å². The number of ketones is 1. The molecule has 1 saturated carbocycles. The summed E-state index contributed by atoms with van der Waals surface area (Å²) in [5.41, 5.74) is 1.83. The molecule has 0 heterocycles. The molecule has 0 unspecified atom stereocenters. The second-order valence-corrected chi connectivity index (χ2v) is 5.17. The molecule has 0 N–H and O–H groups in total. The summed E-state index contributed by atoms with van der Waals surface area (Å²) in [5.74, 6) is 1.72. The van der Waals surface area contributed by atoms with Crippen molar-refractivity contribution >= 4 is 5.78 Å². The van der Waals surface area contributed by atoms with Crippen LogP contribution in [0, 0.1) is 17.3 Å². The Kier molecular flexibility index (Phi) is 1.56. The van der Waals surface area contributed by atoms with E-state index in [2.05, 4.69) is 19.1 Å². The van der Waals surface area contributed by atoms with Crippen molar-refractivity contribution in [1.29, 1.82) is 0 Å². The van der Waals surface area contributed by atoms with Crippen molar-refractivity contribution in [3.63, 3.8) is 0 Å². The largest absolute Gasteiger partial charge is 0.295 e. The summed E-state index contributed by atoms with van der Waals surface area (Å²) >= 11 is 0. The molecule has 0 amide bonds. The van der Waals surface area contributed by atoms with Gasteiger partial charge in [-0.05, 0) is 44.1 Å². The highest BCUT2D eigenvalue weighted by molar-refractivity contribution is 5.91. The van der Waals surface area contributed by atoms with Crippen molar-refractivity contribution in [3.8, 4) is 0 Å². The van der Waals surface area contributed by atoms with E-state index in [1.807, 2.05) is 6.08 Å². The minimum absolute atomic E-state index is 0.271. The van der Waals surface area contributed by atoms with Crippen LogP contribution in [0.1, 0.15) is 32.6 Å². The van der Waals surface area contributed by atoms with Gasteiger partial charge in [0.2, 0.25) is 0 Å². The van der Waals surface area contributed by atoms with Crippen molar-refractivity contribution in [1.82, 2.24) is 0 Å². The van der Waals surface area contributed by atoms with Gasteiger partial charge in [0.25, 0.3) is 0 Å². The maximum Gasteiger partial charge on any atom is 0.155 e. The Labute approximate surface area is 84.9 Å². The lowest BCUT2D eigenvalue weighted by Gasteiger charge is -2.50. The van der Waals surface area contributed by atoms with Crippen LogP contribution >= 0.6 is 0 Å². The smallest absolute Gasteiger partial charge is 0.155 e. The number of fused-ring (bicyclic) bond motifs is 1. The van der Waals surface area contributed by atoms with Crippen LogP contribution in [0.3, 0.4) is 0 Å². The highest BCUT2D eigenvalue weighted by atomic mass is 16.1. The van der Waals surface area contributed by atoms with Gasteiger partial charge in [0.15, 0.2) is 5.78 Å². The van der Waals surface area contributed by atoms with Gasteiger partial charge in [-0.2, -0.15) is 0 Å². The van der Waals surface area contributed by atoms with Crippen molar-refractivity contribution in [2.75, 3.05) is 0 Å². The van der Waals surface area contributed by atoms with Gasteiger partial charge in [-0.25, -0.2) is 0 Å². The lowest BCUT2D eigenvalue weighted by Crippen LogP contribution is -2.41. The monoisotopic (exact) mass is 188 g/mol. The third-order valence-corrected chi connectivity index (χ3v) is 4.42. The van der Waals surface area contributed by atoms with Crippen molar-refractivity contribution < 1.29 is 4.79 Å². The third-order valence-electron chi connectivity index (χ3n) is 4.42. The lowest BCUT2D eigenvalue weighted by atomic mass is 9.54. The molecule has 3 atom stereocenters. The molecule has 0 aromatic carbocycles. The summed E-state index contributed by atoms with van der Waals surface area (Å²) in [6.45, 7) is 2.26. The van der Waals surface area contributed by atoms with Crippen molar-refractivity contribution in [2.24, 2.45) is 17.3 Å². The van der Waals surface area contributed by atoms with E-state index >= 15 is 0 Å². The summed E-state index contributed by atoms with van der Waals surface area (Å²) in [7, 11) is 0. The Hall–Kier alpha value is -0.850. The Balaban J connectivity index is 2.09. The summed E-state index contributed by atoms with van der Waals surface area (Å²) in [4.78, 5) is 11.4. The van der Waals surface area contributed by atoms with Gasteiger partial charge in [0.1, 0.15) is 0 Å². The molecular weight excluding hydrogens is 172 g/mol. The summed E-state index contributed by atoms with van der Waals surface area (Å²) < 4.78 is 0. The van der Waals surface area contributed by atoms with Crippen LogP contribution in [0.2, 0.25) is 0 Å². The molecule has 4 aliphatic carbocycles. The van der Waals surface area contributed by atoms with Gasteiger partial charge >= 0.3 is 0 Å². The molecule has 74 valence electrons. The average Bonchev–Trinajstić information content (AvgIpc) is 2.17. The molecule has 4 aliphatic rings. The average molecular weight is 188 g/mol.